The fourth-order valence-corrected chi connectivity index (χ4v) is 15.8. The molecule has 5 heteroatoms. The van der Waals surface area contributed by atoms with Gasteiger partial charge in [-0.25, -0.2) is 13.6 Å². The molecule has 21 heavy (non-hydrogen) atoms. The summed E-state index contributed by atoms with van der Waals surface area (Å²) in [5.41, 5.74) is 1.01. The molecule has 0 heterocycles. The van der Waals surface area contributed by atoms with E-state index in [1.54, 1.807) is 24.1 Å². The average molecular weight is 509 g/mol. The molecule has 0 aromatic heterocycles. The van der Waals surface area contributed by atoms with Crippen LogP contribution in [-0.2, 0) is 10.0 Å². The quantitative estimate of drug-likeness (QED) is 0.564. The third-order valence-corrected chi connectivity index (χ3v) is 20.6. The number of hydrogen-bond acceptors (Lipinski definition) is 2. The van der Waals surface area contributed by atoms with E-state index < -0.39 is 32.7 Å². The van der Waals surface area contributed by atoms with Gasteiger partial charge in [0.1, 0.15) is 0 Å². The molecule has 0 aliphatic carbocycles. The van der Waals surface area contributed by atoms with Gasteiger partial charge in [-0.1, -0.05) is 17.7 Å². The second kappa shape index (κ2) is 11.6. The van der Waals surface area contributed by atoms with E-state index in [9.17, 15) is 8.42 Å². The third kappa shape index (κ3) is 10.4. The first kappa shape index (κ1) is 21.1. The first-order valence-electron chi connectivity index (χ1n) is 7.94. The van der Waals surface area contributed by atoms with E-state index in [2.05, 4.69) is 20.8 Å². The zero-order chi connectivity index (χ0) is 16.3. The monoisotopic (exact) mass is 509 g/mol. The normalized spacial score (nSPS) is 11.1. The standard InChI is InChI=1S/C7H9NO2S.3C3H7.Pb.H/c1-6-2-4-7(5-3-6)11(8,9)10;3*1-3-2;;/h2-5H,1H3,(H2,8,9,10);3*1,3H2,2H3;;. The van der Waals surface area contributed by atoms with Gasteiger partial charge in [0, 0.05) is 0 Å². The molecule has 0 aliphatic heterocycles. The molecule has 0 saturated carbocycles. The maximum absolute atomic E-state index is 10.7. The molecule has 122 valence electrons. The van der Waals surface area contributed by atoms with E-state index in [1.165, 1.54) is 31.4 Å². The van der Waals surface area contributed by atoms with Crippen LogP contribution in [0.4, 0.5) is 0 Å². The number of benzene rings is 1. The Labute approximate surface area is 139 Å². The Hall–Kier alpha value is 0.0521. The van der Waals surface area contributed by atoms with E-state index in [1.807, 2.05) is 6.92 Å². The fourth-order valence-electron chi connectivity index (χ4n) is 2.39. The van der Waals surface area contributed by atoms with Crippen LogP contribution in [0.2, 0.25) is 11.9 Å². The van der Waals surface area contributed by atoms with Crippen LogP contribution in [-0.4, -0.2) is 31.1 Å². The van der Waals surface area contributed by atoms with Gasteiger partial charge < -0.3 is 0 Å². The second-order valence-electron chi connectivity index (χ2n) is 5.59. The Balaban J connectivity index is 0.000000384. The summed E-state index contributed by atoms with van der Waals surface area (Å²) < 4.78 is 26.4. The number of aryl methyl sites for hydroxylation is 1. The Bertz CT molecular complexity index is 457. The van der Waals surface area contributed by atoms with Crippen LogP contribution < -0.4 is 5.14 Å². The summed E-state index contributed by atoms with van der Waals surface area (Å²) >= 11 is -0.991. The van der Waals surface area contributed by atoms with Gasteiger partial charge in [0.25, 0.3) is 0 Å². The van der Waals surface area contributed by atoms with Crippen molar-refractivity contribution in [3.63, 3.8) is 0 Å². The molecule has 0 aliphatic rings. The number of nitrogens with two attached hydrogens (primary N) is 1. The van der Waals surface area contributed by atoms with Gasteiger partial charge in [-0.15, -0.1) is 0 Å². The molecule has 0 atom stereocenters. The van der Waals surface area contributed by atoms with Crippen molar-refractivity contribution in [2.75, 3.05) is 0 Å². The van der Waals surface area contributed by atoms with Gasteiger partial charge in [0.15, 0.2) is 0 Å². The molecular weight excluding hydrogens is 477 g/mol. The second-order valence-corrected chi connectivity index (χ2v) is 20.6. The molecule has 3 nitrogen and oxygen atoms in total. The van der Waals surface area contributed by atoms with E-state index >= 15 is 0 Å². The molecule has 0 fully saturated rings. The van der Waals surface area contributed by atoms with Crippen LogP contribution in [0, 0.1) is 6.92 Å². The van der Waals surface area contributed by atoms with Crippen molar-refractivity contribution in [1.82, 2.24) is 0 Å². The third-order valence-electron chi connectivity index (χ3n) is 3.44. The van der Waals surface area contributed by atoms with Crippen molar-refractivity contribution >= 4 is 32.7 Å². The summed E-state index contributed by atoms with van der Waals surface area (Å²) in [7, 11) is -3.52. The van der Waals surface area contributed by atoms with Crippen molar-refractivity contribution in [3.8, 4) is 0 Å². The summed E-state index contributed by atoms with van der Waals surface area (Å²) in [6, 6.07) is 6.40. The van der Waals surface area contributed by atoms with Crippen LogP contribution >= 0.6 is 0 Å². The van der Waals surface area contributed by atoms with Crippen molar-refractivity contribution in [2.45, 2.75) is 63.8 Å². The van der Waals surface area contributed by atoms with Crippen molar-refractivity contribution < 1.29 is 8.42 Å². The predicted molar refractivity (Wildman–Crippen MR) is 95.0 cm³/mol. The van der Waals surface area contributed by atoms with Crippen molar-refractivity contribution in [3.05, 3.63) is 29.8 Å². The smallest absolute Gasteiger partial charge is 0.225 e. The van der Waals surface area contributed by atoms with Gasteiger partial charge in [0.05, 0.1) is 4.90 Å². The molecule has 0 amide bonds. The average Bonchev–Trinajstić information content (AvgIpc) is 2.40. The maximum Gasteiger partial charge on any atom is 0.238 e. The summed E-state index contributed by atoms with van der Waals surface area (Å²) in [6.45, 7) is 8.92. The largest absolute Gasteiger partial charge is 0.238 e. The van der Waals surface area contributed by atoms with Gasteiger partial charge >= 0.3 is 74.7 Å². The molecule has 0 saturated heterocycles. The zero-order valence-electron chi connectivity index (χ0n) is 13.9. The SMILES string of the molecule is CC[CH2][PbH]([CH2]CC)[CH2]CC.Cc1ccc(S(N)(=O)=O)cc1. The van der Waals surface area contributed by atoms with Crippen molar-refractivity contribution in [1.29, 1.82) is 0 Å². The number of sulfonamides is 1. The van der Waals surface area contributed by atoms with Crippen LogP contribution in [0.1, 0.15) is 45.6 Å². The van der Waals surface area contributed by atoms with Gasteiger partial charge in [-0.2, -0.15) is 0 Å². The van der Waals surface area contributed by atoms with Crippen LogP contribution in [0.25, 0.3) is 0 Å². The fraction of sp³-hybridized carbons (Fsp3) is 0.625. The Kier molecular flexibility index (Phi) is 11.6. The zero-order valence-corrected chi connectivity index (χ0v) is 19.2. The van der Waals surface area contributed by atoms with Crippen molar-refractivity contribution in [2.24, 2.45) is 5.14 Å². The van der Waals surface area contributed by atoms with Crippen LogP contribution in [0.5, 0.6) is 0 Å². The molecule has 1 aromatic carbocycles. The predicted octanol–water partition coefficient (Wildman–Crippen LogP) is 4.09. The molecule has 0 bridgehead atoms. The van der Waals surface area contributed by atoms with E-state index in [0.717, 1.165) is 5.56 Å². The number of rotatable bonds is 7. The first-order chi connectivity index (χ1) is 9.85. The van der Waals surface area contributed by atoms with Crippen LogP contribution in [0.3, 0.4) is 0 Å². The Morgan fingerprint density at radius 1 is 0.905 bits per heavy atom. The Morgan fingerprint density at radius 3 is 1.57 bits per heavy atom. The minimum atomic E-state index is -3.52. The van der Waals surface area contributed by atoms with E-state index in [0.29, 0.717) is 0 Å². The van der Waals surface area contributed by atoms with Gasteiger partial charge in [0.2, 0.25) is 10.0 Å². The minimum absolute atomic E-state index is 0.156. The minimum Gasteiger partial charge on any atom is -0.225 e. The van der Waals surface area contributed by atoms with Gasteiger partial charge in [-0.05, 0) is 19.1 Å². The molecule has 1 rings (SSSR count). The molecule has 0 radical (unpaired) electrons. The number of hydrogen-bond donors (Lipinski definition) is 1. The molecule has 0 unspecified atom stereocenters. The van der Waals surface area contributed by atoms with E-state index in [4.69, 9.17) is 5.14 Å². The molecule has 2 N–H and O–H groups in total. The topological polar surface area (TPSA) is 60.2 Å². The van der Waals surface area contributed by atoms with Crippen LogP contribution in [0.15, 0.2) is 29.2 Å². The summed E-state index contributed by atoms with van der Waals surface area (Å²) in [5.74, 6) is 0. The molecule has 1 aromatic rings. The summed E-state index contributed by atoms with van der Waals surface area (Å²) in [6.07, 6.45) is 4.39. The summed E-state index contributed by atoms with van der Waals surface area (Å²) in [5, 5.41) is 4.88. The molecular formula is C16H31NO2PbS. The molecule has 0 spiro atoms. The summed E-state index contributed by atoms with van der Waals surface area (Å²) in [4.78, 5) is 0.156. The van der Waals surface area contributed by atoms with E-state index in [-0.39, 0.29) is 4.90 Å². The first-order valence-corrected chi connectivity index (χ1v) is 19.0. The van der Waals surface area contributed by atoms with Gasteiger partial charge in [-0.3, -0.25) is 0 Å². The Morgan fingerprint density at radius 2 is 1.29 bits per heavy atom. The number of primary sulfonamides is 1. The maximum atomic E-state index is 10.7.